The second-order valence-electron chi connectivity index (χ2n) is 5.25. The minimum Gasteiger partial charge on any atom is -0.469 e. The van der Waals surface area contributed by atoms with Crippen LogP contribution in [0.15, 0.2) is 11.3 Å². The number of halogens is 1. The van der Waals surface area contributed by atoms with Gasteiger partial charge in [0.1, 0.15) is 18.7 Å². The Bertz CT molecular complexity index is 525. The van der Waals surface area contributed by atoms with Gasteiger partial charge in [-0.1, -0.05) is 0 Å². The molecule has 0 atom stereocenters. The van der Waals surface area contributed by atoms with Crippen LogP contribution in [-0.2, 0) is 23.1 Å². The predicted octanol–water partition coefficient (Wildman–Crippen LogP) is 0.784. The molecule has 0 spiro atoms. The molecule has 1 aliphatic heterocycles. The van der Waals surface area contributed by atoms with E-state index in [1.807, 2.05) is 14.0 Å². The predicted molar refractivity (Wildman–Crippen MR) is 97.5 cm³/mol. The average molecular weight is 436 g/mol. The molecule has 2 rings (SSSR count). The van der Waals surface area contributed by atoms with Crippen LogP contribution in [0.2, 0.25) is 0 Å². The molecule has 0 amide bonds. The molecule has 0 aromatic carbocycles. The first-order valence-corrected chi connectivity index (χ1v) is 7.59. The zero-order valence-electron chi connectivity index (χ0n) is 13.9. The molecule has 23 heavy (non-hydrogen) atoms. The Morgan fingerprint density at radius 1 is 1.48 bits per heavy atom. The van der Waals surface area contributed by atoms with Crippen LogP contribution in [0.1, 0.15) is 25.6 Å². The second-order valence-corrected chi connectivity index (χ2v) is 5.25. The van der Waals surface area contributed by atoms with Crippen molar-refractivity contribution in [3.8, 4) is 0 Å². The number of ether oxygens (including phenoxy) is 1. The van der Waals surface area contributed by atoms with Crippen molar-refractivity contribution in [2.75, 3.05) is 26.7 Å². The number of nitrogens with one attached hydrogen (secondary N) is 1. The van der Waals surface area contributed by atoms with Crippen LogP contribution >= 0.6 is 24.0 Å². The number of aromatic nitrogens is 3. The molecule has 1 fully saturated rings. The minimum absolute atomic E-state index is 0. The molecule has 0 aliphatic carbocycles. The lowest BCUT2D eigenvalue weighted by Gasteiger charge is -2.33. The molecule has 0 saturated carbocycles. The molecule has 1 aliphatic rings. The van der Waals surface area contributed by atoms with Crippen LogP contribution in [0.5, 0.6) is 0 Å². The number of esters is 1. The largest absolute Gasteiger partial charge is 0.469 e. The van der Waals surface area contributed by atoms with E-state index in [1.54, 1.807) is 4.68 Å². The zero-order chi connectivity index (χ0) is 15.9. The summed E-state index contributed by atoms with van der Waals surface area (Å²) in [6.07, 6.45) is 3.11. The molecule has 1 N–H and O–H groups in total. The Kier molecular flexibility index (Phi) is 8.28. The van der Waals surface area contributed by atoms with E-state index in [0.29, 0.717) is 6.54 Å². The molecule has 9 heteroatoms. The van der Waals surface area contributed by atoms with Gasteiger partial charge in [0.2, 0.25) is 0 Å². The number of guanidine groups is 1. The van der Waals surface area contributed by atoms with E-state index < -0.39 is 0 Å². The number of piperidine rings is 1. The summed E-state index contributed by atoms with van der Waals surface area (Å²) >= 11 is 0. The molecule has 0 bridgehead atoms. The van der Waals surface area contributed by atoms with Crippen molar-refractivity contribution in [2.24, 2.45) is 18.0 Å². The summed E-state index contributed by atoms with van der Waals surface area (Å²) < 4.78 is 6.54. The maximum absolute atomic E-state index is 11.6. The molecule has 130 valence electrons. The summed E-state index contributed by atoms with van der Waals surface area (Å²) in [5.74, 6) is 1.57. The van der Waals surface area contributed by atoms with Crippen LogP contribution in [0.3, 0.4) is 0 Å². The minimum atomic E-state index is -0.110. The maximum atomic E-state index is 11.6. The van der Waals surface area contributed by atoms with E-state index in [9.17, 15) is 4.79 Å². The van der Waals surface area contributed by atoms with Gasteiger partial charge in [-0.15, -0.1) is 24.0 Å². The summed E-state index contributed by atoms with van der Waals surface area (Å²) in [6, 6.07) is 0. The number of aliphatic imine (C=N–C) groups is 1. The van der Waals surface area contributed by atoms with Gasteiger partial charge in [0, 0.05) is 26.7 Å². The Balaban J connectivity index is 0.00000264. The Hall–Kier alpha value is -1.39. The van der Waals surface area contributed by atoms with Gasteiger partial charge in [-0.05, 0) is 19.8 Å². The Morgan fingerprint density at radius 3 is 2.70 bits per heavy atom. The van der Waals surface area contributed by atoms with Crippen molar-refractivity contribution < 1.29 is 9.53 Å². The number of likely N-dealkylation sites (tertiary alicyclic amines) is 1. The second kappa shape index (κ2) is 9.68. The highest BCUT2D eigenvalue weighted by Crippen LogP contribution is 2.18. The number of carbonyl (C=O) groups excluding carboxylic acids is 1. The van der Waals surface area contributed by atoms with Crippen LogP contribution in [0, 0.1) is 5.92 Å². The number of hydrogen-bond donors (Lipinski definition) is 1. The number of nitrogens with zero attached hydrogens (tertiary/aromatic N) is 5. The van der Waals surface area contributed by atoms with Gasteiger partial charge in [0.25, 0.3) is 0 Å². The van der Waals surface area contributed by atoms with Crippen molar-refractivity contribution in [1.82, 2.24) is 25.0 Å². The topological polar surface area (TPSA) is 84.6 Å². The number of rotatable bonds is 4. The van der Waals surface area contributed by atoms with E-state index in [-0.39, 0.29) is 35.9 Å². The third-order valence-electron chi connectivity index (χ3n) is 3.84. The number of aryl methyl sites for hydroxylation is 1. The fraction of sp³-hybridized carbons (Fsp3) is 0.714. The summed E-state index contributed by atoms with van der Waals surface area (Å²) in [6.45, 7) is 4.91. The molecule has 0 radical (unpaired) electrons. The van der Waals surface area contributed by atoms with Gasteiger partial charge >= 0.3 is 5.97 Å². The summed E-state index contributed by atoms with van der Waals surface area (Å²) in [5.41, 5.74) is 0. The lowest BCUT2D eigenvalue weighted by Crippen LogP contribution is -2.46. The standard InChI is InChI=1S/C14H24N6O2.HI/c1-4-15-14(16-9-12-17-10-18-19(12)2)20-7-5-11(6-8-20)13(21)22-3;/h10-11H,4-9H2,1-3H3,(H,15,16);1H. The van der Waals surface area contributed by atoms with Gasteiger partial charge < -0.3 is 15.0 Å². The third-order valence-corrected chi connectivity index (χ3v) is 3.84. The van der Waals surface area contributed by atoms with Crippen molar-refractivity contribution in [3.63, 3.8) is 0 Å². The smallest absolute Gasteiger partial charge is 0.308 e. The summed E-state index contributed by atoms with van der Waals surface area (Å²) in [5, 5.41) is 7.34. The molecule has 0 unspecified atom stereocenters. The SMILES string of the molecule is CCNC(=NCc1ncnn1C)N1CCC(C(=O)OC)CC1.I. The van der Waals surface area contributed by atoms with Crippen molar-refractivity contribution in [1.29, 1.82) is 0 Å². The Morgan fingerprint density at radius 2 is 2.17 bits per heavy atom. The monoisotopic (exact) mass is 436 g/mol. The lowest BCUT2D eigenvalue weighted by atomic mass is 9.97. The molecule has 2 heterocycles. The normalized spacial score (nSPS) is 16.0. The van der Waals surface area contributed by atoms with Crippen LogP contribution in [-0.4, -0.2) is 58.3 Å². The van der Waals surface area contributed by atoms with E-state index in [0.717, 1.165) is 44.3 Å². The summed E-state index contributed by atoms with van der Waals surface area (Å²) in [4.78, 5) is 22.6. The van der Waals surface area contributed by atoms with Gasteiger partial charge in [0.15, 0.2) is 5.96 Å². The van der Waals surface area contributed by atoms with Crippen LogP contribution in [0.25, 0.3) is 0 Å². The average Bonchev–Trinajstić information content (AvgIpc) is 2.96. The fourth-order valence-electron chi connectivity index (χ4n) is 2.53. The molecular formula is C14H25IN6O2. The van der Waals surface area contributed by atoms with Crippen molar-refractivity contribution in [2.45, 2.75) is 26.3 Å². The van der Waals surface area contributed by atoms with E-state index in [4.69, 9.17) is 4.74 Å². The zero-order valence-corrected chi connectivity index (χ0v) is 16.2. The molecule has 8 nitrogen and oxygen atoms in total. The quantitative estimate of drug-likeness (QED) is 0.325. The van der Waals surface area contributed by atoms with E-state index >= 15 is 0 Å². The van der Waals surface area contributed by atoms with Crippen LogP contribution < -0.4 is 5.32 Å². The van der Waals surface area contributed by atoms with E-state index in [1.165, 1.54) is 13.4 Å². The van der Waals surface area contributed by atoms with Gasteiger partial charge in [-0.25, -0.2) is 9.98 Å². The highest BCUT2D eigenvalue weighted by Gasteiger charge is 2.26. The molecule has 1 aromatic rings. The highest BCUT2D eigenvalue weighted by atomic mass is 127. The highest BCUT2D eigenvalue weighted by molar-refractivity contribution is 14.0. The first-order chi connectivity index (χ1) is 10.7. The fourth-order valence-corrected chi connectivity index (χ4v) is 2.53. The van der Waals surface area contributed by atoms with Gasteiger partial charge in [-0.2, -0.15) is 5.10 Å². The molecular weight excluding hydrogens is 411 g/mol. The van der Waals surface area contributed by atoms with E-state index in [2.05, 4.69) is 25.3 Å². The van der Waals surface area contributed by atoms with Crippen molar-refractivity contribution >= 4 is 35.9 Å². The summed E-state index contributed by atoms with van der Waals surface area (Å²) in [7, 11) is 3.30. The van der Waals surface area contributed by atoms with Gasteiger partial charge in [0.05, 0.1) is 13.0 Å². The maximum Gasteiger partial charge on any atom is 0.308 e. The molecule has 1 aromatic heterocycles. The van der Waals surface area contributed by atoms with Crippen molar-refractivity contribution in [3.05, 3.63) is 12.2 Å². The number of methoxy groups -OCH3 is 1. The lowest BCUT2D eigenvalue weighted by molar-refractivity contribution is -0.146. The number of carbonyl (C=O) groups is 1. The molecule has 1 saturated heterocycles. The van der Waals surface area contributed by atoms with Crippen LogP contribution in [0.4, 0.5) is 0 Å². The number of hydrogen-bond acceptors (Lipinski definition) is 5. The first kappa shape index (κ1) is 19.7. The van der Waals surface area contributed by atoms with Gasteiger partial charge in [-0.3, -0.25) is 9.48 Å². The Labute approximate surface area is 153 Å². The third kappa shape index (κ3) is 5.33. The first-order valence-electron chi connectivity index (χ1n) is 7.59.